The van der Waals surface area contributed by atoms with E-state index in [0.717, 1.165) is 17.7 Å². The fourth-order valence-corrected chi connectivity index (χ4v) is 2.19. The third-order valence-electron chi connectivity index (χ3n) is 2.71. The van der Waals surface area contributed by atoms with E-state index in [1.165, 1.54) is 23.9 Å². The Morgan fingerprint density at radius 1 is 1.33 bits per heavy atom. The molecule has 0 unspecified atom stereocenters. The Kier molecular flexibility index (Phi) is 5.15. The summed E-state index contributed by atoms with van der Waals surface area (Å²) in [5.41, 5.74) is -0.00123. The number of nitrogens with one attached hydrogen (secondary N) is 1. The zero-order chi connectivity index (χ0) is 15.2. The van der Waals surface area contributed by atoms with Crippen molar-refractivity contribution in [1.82, 2.24) is 5.32 Å². The maximum absolute atomic E-state index is 11.5. The number of esters is 1. The summed E-state index contributed by atoms with van der Waals surface area (Å²) in [7, 11) is 0. The molecule has 0 bridgehead atoms. The second kappa shape index (κ2) is 7.07. The number of benzene rings is 1. The van der Waals surface area contributed by atoms with E-state index in [4.69, 9.17) is 4.74 Å². The normalized spacial score (nSPS) is 13.5. The first kappa shape index (κ1) is 15.3. The van der Waals surface area contributed by atoms with Crippen LogP contribution in [0.25, 0.3) is 0 Å². The summed E-state index contributed by atoms with van der Waals surface area (Å²) in [6, 6.07) is 6.12. The largest absolute Gasteiger partial charge is 0.455 e. The van der Waals surface area contributed by atoms with E-state index in [-0.39, 0.29) is 30.0 Å². The molecule has 0 aromatic heterocycles. The van der Waals surface area contributed by atoms with Crippen molar-refractivity contribution in [1.29, 1.82) is 0 Å². The molecule has 1 fully saturated rings. The lowest BCUT2D eigenvalue weighted by Crippen LogP contribution is -2.30. The predicted molar refractivity (Wildman–Crippen MR) is 75.9 cm³/mol. The quantitative estimate of drug-likeness (QED) is 0.355. The monoisotopic (exact) mass is 310 g/mol. The number of nitrogens with zero attached hydrogens (tertiary/aromatic N) is 1. The summed E-state index contributed by atoms with van der Waals surface area (Å²) in [6.45, 7) is -0.268. The lowest BCUT2D eigenvalue weighted by atomic mass is 10.3. The van der Waals surface area contributed by atoms with Crippen LogP contribution in [0.1, 0.15) is 12.8 Å². The van der Waals surface area contributed by atoms with Gasteiger partial charge in [-0.25, -0.2) is 0 Å². The smallest absolute Gasteiger partial charge is 0.316 e. The van der Waals surface area contributed by atoms with E-state index in [0.29, 0.717) is 0 Å². The molecule has 1 aliphatic rings. The number of rotatable bonds is 7. The van der Waals surface area contributed by atoms with E-state index in [2.05, 4.69) is 5.32 Å². The van der Waals surface area contributed by atoms with Crippen LogP contribution in [-0.2, 0) is 14.3 Å². The molecular formula is C13H14N2O5S. The molecule has 2 rings (SSSR count). The highest BCUT2D eigenvalue weighted by atomic mass is 32.2. The van der Waals surface area contributed by atoms with Gasteiger partial charge >= 0.3 is 5.97 Å². The van der Waals surface area contributed by atoms with Gasteiger partial charge in [-0.3, -0.25) is 19.7 Å². The van der Waals surface area contributed by atoms with Gasteiger partial charge in [-0.2, -0.15) is 0 Å². The first-order valence-corrected chi connectivity index (χ1v) is 7.35. The Morgan fingerprint density at radius 2 is 2.00 bits per heavy atom. The Hall–Kier alpha value is -2.09. The van der Waals surface area contributed by atoms with Crippen molar-refractivity contribution in [2.24, 2.45) is 0 Å². The van der Waals surface area contributed by atoms with Gasteiger partial charge in [-0.15, -0.1) is 11.8 Å². The molecule has 7 nitrogen and oxygen atoms in total. The van der Waals surface area contributed by atoms with Crippen LogP contribution >= 0.6 is 11.8 Å². The molecule has 0 heterocycles. The van der Waals surface area contributed by atoms with Gasteiger partial charge in [0.15, 0.2) is 6.61 Å². The van der Waals surface area contributed by atoms with Crippen molar-refractivity contribution < 1.29 is 19.2 Å². The lowest BCUT2D eigenvalue weighted by molar-refractivity contribution is -0.384. The SMILES string of the molecule is O=C(COC(=O)CSc1ccc([N+](=O)[O-])cc1)NC1CC1. The molecule has 0 radical (unpaired) electrons. The molecule has 1 saturated carbocycles. The van der Waals surface area contributed by atoms with Crippen molar-refractivity contribution in [3.05, 3.63) is 34.4 Å². The summed E-state index contributed by atoms with van der Waals surface area (Å²) in [6.07, 6.45) is 1.96. The van der Waals surface area contributed by atoms with Crippen LogP contribution in [-0.4, -0.2) is 35.2 Å². The van der Waals surface area contributed by atoms with E-state index < -0.39 is 10.9 Å². The maximum Gasteiger partial charge on any atom is 0.316 e. The highest BCUT2D eigenvalue weighted by Gasteiger charge is 2.23. The van der Waals surface area contributed by atoms with Crippen molar-refractivity contribution in [3.8, 4) is 0 Å². The molecule has 0 saturated heterocycles. The third kappa shape index (κ3) is 5.42. The lowest BCUT2D eigenvalue weighted by Gasteiger charge is -2.05. The van der Waals surface area contributed by atoms with Gasteiger partial charge in [0.1, 0.15) is 0 Å². The van der Waals surface area contributed by atoms with Gasteiger partial charge in [0, 0.05) is 23.1 Å². The maximum atomic E-state index is 11.5. The first-order valence-electron chi connectivity index (χ1n) is 6.37. The Labute approximate surface area is 125 Å². The van der Waals surface area contributed by atoms with Crippen LogP contribution in [0.4, 0.5) is 5.69 Å². The van der Waals surface area contributed by atoms with E-state index in [1.54, 1.807) is 12.1 Å². The van der Waals surface area contributed by atoms with Crippen LogP contribution in [0, 0.1) is 10.1 Å². The highest BCUT2D eigenvalue weighted by Crippen LogP contribution is 2.21. The second-order valence-electron chi connectivity index (χ2n) is 4.54. The summed E-state index contributed by atoms with van der Waals surface area (Å²) in [5, 5.41) is 13.2. The molecule has 112 valence electrons. The molecule has 1 aliphatic carbocycles. The van der Waals surface area contributed by atoms with Crippen molar-refractivity contribution in [2.75, 3.05) is 12.4 Å². The van der Waals surface area contributed by atoms with Crippen LogP contribution in [0.2, 0.25) is 0 Å². The standard InChI is InChI=1S/C13H14N2O5S/c16-12(14-9-1-2-9)7-20-13(17)8-21-11-5-3-10(4-6-11)15(18)19/h3-6,9H,1-2,7-8H2,(H,14,16). The Bertz CT molecular complexity index is 542. The minimum atomic E-state index is -0.496. The molecule has 0 aliphatic heterocycles. The number of amides is 1. The minimum absolute atomic E-state index is 0.00123. The van der Waals surface area contributed by atoms with Crippen LogP contribution in [0.3, 0.4) is 0 Å². The average molecular weight is 310 g/mol. The fraction of sp³-hybridized carbons (Fsp3) is 0.385. The number of hydrogen-bond donors (Lipinski definition) is 1. The molecule has 0 spiro atoms. The number of hydrogen-bond acceptors (Lipinski definition) is 6. The predicted octanol–water partition coefficient (Wildman–Crippen LogP) is 1.51. The summed E-state index contributed by atoms with van der Waals surface area (Å²) in [5.74, 6) is -0.732. The molecule has 21 heavy (non-hydrogen) atoms. The zero-order valence-electron chi connectivity index (χ0n) is 11.1. The molecule has 1 N–H and O–H groups in total. The molecule has 1 amide bonds. The van der Waals surface area contributed by atoms with Gasteiger partial charge in [0.05, 0.1) is 10.7 Å². The van der Waals surface area contributed by atoms with Crippen LogP contribution < -0.4 is 5.32 Å². The van der Waals surface area contributed by atoms with Gasteiger partial charge in [0.2, 0.25) is 0 Å². The topological polar surface area (TPSA) is 98.5 Å². The summed E-state index contributed by atoms with van der Waals surface area (Å²) >= 11 is 1.20. The zero-order valence-corrected chi connectivity index (χ0v) is 11.9. The first-order chi connectivity index (χ1) is 10.0. The van der Waals surface area contributed by atoms with Gasteiger partial charge in [-0.1, -0.05) is 0 Å². The highest BCUT2D eigenvalue weighted by molar-refractivity contribution is 8.00. The molecule has 1 aromatic carbocycles. The number of non-ortho nitro benzene ring substituents is 1. The Morgan fingerprint density at radius 3 is 2.57 bits per heavy atom. The van der Waals surface area contributed by atoms with Crippen molar-refractivity contribution >= 4 is 29.3 Å². The number of carbonyl (C=O) groups is 2. The van der Waals surface area contributed by atoms with Gasteiger partial charge in [0.25, 0.3) is 11.6 Å². The van der Waals surface area contributed by atoms with Gasteiger partial charge in [-0.05, 0) is 25.0 Å². The van der Waals surface area contributed by atoms with E-state index >= 15 is 0 Å². The minimum Gasteiger partial charge on any atom is -0.455 e. The fourth-order valence-electron chi connectivity index (χ4n) is 1.49. The molecular weight excluding hydrogens is 296 g/mol. The Balaban J connectivity index is 1.67. The number of nitro benzene ring substituents is 1. The summed E-state index contributed by atoms with van der Waals surface area (Å²) in [4.78, 5) is 33.5. The van der Waals surface area contributed by atoms with Crippen LogP contribution in [0.5, 0.6) is 0 Å². The van der Waals surface area contributed by atoms with E-state index in [9.17, 15) is 19.7 Å². The average Bonchev–Trinajstić information content (AvgIpc) is 3.27. The molecule has 0 atom stereocenters. The number of nitro groups is 1. The number of carbonyl (C=O) groups excluding carboxylic acids is 2. The van der Waals surface area contributed by atoms with Crippen molar-refractivity contribution in [2.45, 2.75) is 23.8 Å². The number of thioether (sulfide) groups is 1. The van der Waals surface area contributed by atoms with Crippen molar-refractivity contribution in [3.63, 3.8) is 0 Å². The summed E-state index contributed by atoms with van der Waals surface area (Å²) < 4.78 is 4.84. The molecule has 1 aromatic rings. The second-order valence-corrected chi connectivity index (χ2v) is 5.59. The van der Waals surface area contributed by atoms with E-state index in [1.807, 2.05) is 0 Å². The van der Waals surface area contributed by atoms with Crippen LogP contribution in [0.15, 0.2) is 29.2 Å². The third-order valence-corrected chi connectivity index (χ3v) is 3.70. The molecule has 8 heteroatoms. The van der Waals surface area contributed by atoms with Gasteiger partial charge < -0.3 is 10.1 Å². The number of ether oxygens (including phenoxy) is 1.